The Balaban J connectivity index is 1.72. The van der Waals surface area contributed by atoms with Gasteiger partial charge < -0.3 is 9.88 Å². The van der Waals surface area contributed by atoms with Crippen molar-refractivity contribution in [2.75, 3.05) is 6.54 Å². The summed E-state index contributed by atoms with van der Waals surface area (Å²) in [4.78, 5) is 15.3. The van der Waals surface area contributed by atoms with Crippen molar-refractivity contribution in [3.8, 4) is 0 Å². The van der Waals surface area contributed by atoms with Gasteiger partial charge in [-0.15, -0.1) is 0 Å². The summed E-state index contributed by atoms with van der Waals surface area (Å²) in [5.74, 6) is 0.990. The second-order valence-electron chi connectivity index (χ2n) is 6.11. The molecule has 0 spiro atoms. The molecule has 1 amide bonds. The molecule has 0 saturated carbocycles. The highest BCUT2D eigenvalue weighted by Crippen LogP contribution is 2.21. The minimum absolute atomic E-state index is 0.588. The first-order chi connectivity index (χ1) is 12.3. The average Bonchev–Trinajstić information content (AvgIpc) is 2.99. The zero-order valence-corrected chi connectivity index (χ0v) is 13.9. The summed E-state index contributed by atoms with van der Waals surface area (Å²) >= 11 is 0. The molecule has 3 aromatic carbocycles. The number of benzene rings is 3. The van der Waals surface area contributed by atoms with Gasteiger partial charge in [-0.1, -0.05) is 48.5 Å². The van der Waals surface area contributed by atoms with Gasteiger partial charge in [-0.05, 0) is 34.5 Å². The van der Waals surface area contributed by atoms with E-state index in [-0.39, 0.29) is 0 Å². The van der Waals surface area contributed by atoms with Crippen LogP contribution in [0, 0.1) is 0 Å². The van der Waals surface area contributed by atoms with E-state index in [0.29, 0.717) is 13.0 Å². The maximum atomic E-state index is 10.5. The molecule has 0 saturated heterocycles. The van der Waals surface area contributed by atoms with E-state index in [1.807, 2.05) is 18.2 Å². The second-order valence-corrected chi connectivity index (χ2v) is 6.11. The van der Waals surface area contributed by atoms with E-state index < -0.39 is 0 Å². The molecule has 0 unspecified atom stereocenters. The predicted molar refractivity (Wildman–Crippen MR) is 101 cm³/mol. The minimum Gasteiger partial charge on any atom is -0.358 e. The van der Waals surface area contributed by atoms with Crippen molar-refractivity contribution in [1.29, 1.82) is 0 Å². The fraction of sp³-hybridized carbons (Fsp3) is 0.143. The minimum atomic E-state index is 0.588. The molecule has 1 heterocycles. The molecule has 25 heavy (non-hydrogen) atoms. The molecule has 1 N–H and O–H groups in total. The Morgan fingerprint density at radius 2 is 1.76 bits per heavy atom. The van der Waals surface area contributed by atoms with E-state index in [2.05, 4.69) is 58.4 Å². The van der Waals surface area contributed by atoms with Crippen LogP contribution in [-0.2, 0) is 17.8 Å². The maximum absolute atomic E-state index is 10.5. The Morgan fingerprint density at radius 3 is 2.64 bits per heavy atom. The molecule has 0 bridgehead atoms. The number of fused-ring (bicyclic) bond motifs is 2. The monoisotopic (exact) mass is 329 g/mol. The van der Waals surface area contributed by atoms with Crippen LogP contribution < -0.4 is 5.32 Å². The van der Waals surface area contributed by atoms with E-state index in [9.17, 15) is 4.79 Å². The molecule has 4 rings (SSSR count). The van der Waals surface area contributed by atoms with Crippen LogP contribution in [0.3, 0.4) is 0 Å². The predicted octanol–water partition coefficient (Wildman–Crippen LogP) is 3.53. The SMILES string of the molecule is O=CNCCc1nc2ccccc2n1Cc1ccc2ccccc2c1. The maximum Gasteiger partial charge on any atom is 0.207 e. The molecule has 4 heteroatoms. The highest BCUT2D eigenvalue weighted by molar-refractivity contribution is 5.83. The van der Waals surface area contributed by atoms with E-state index in [0.717, 1.165) is 29.8 Å². The van der Waals surface area contributed by atoms with Gasteiger partial charge in [0.05, 0.1) is 11.0 Å². The smallest absolute Gasteiger partial charge is 0.207 e. The topological polar surface area (TPSA) is 46.9 Å². The Hall–Kier alpha value is -3.14. The van der Waals surface area contributed by atoms with E-state index in [1.54, 1.807) is 0 Å². The summed E-state index contributed by atoms with van der Waals surface area (Å²) in [5, 5.41) is 5.21. The van der Waals surface area contributed by atoms with Gasteiger partial charge in [0.15, 0.2) is 0 Å². The zero-order chi connectivity index (χ0) is 17.1. The molecule has 0 radical (unpaired) electrons. The summed E-state index contributed by atoms with van der Waals surface area (Å²) in [5.41, 5.74) is 3.35. The molecule has 0 aliphatic heterocycles. The quantitative estimate of drug-likeness (QED) is 0.434. The lowest BCUT2D eigenvalue weighted by Crippen LogP contribution is -2.17. The molecule has 1 aromatic heterocycles. The normalized spacial score (nSPS) is 11.0. The van der Waals surface area contributed by atoms with Crippen molar-refractivity contribution < 1.29 is 4.79 Å². The fourth-order valence-electron chi connectivity index (χ4n) is 3.26. The van der Waals surface area contributed by atoms with Crippen molar-refractivity contribution in [3.63, 3.8) is 0 Å². The summed E-state index contributed by atoms with van der Waals surface area (Å²) in [7, 11) is 0. The molecular weight excluding hydrogens is 310 g/mol. The Bertz CT molecular complexity index is 1040. The molecule has 124 valence electrons. The third kappa shape index (κ3) is 3.11. The third-order valence-corrected chi connectivity index (χ3v) is 4.46. The largest absolute Gasteiger partial charge is 0.358 e. The van der Waals surface area contributed by atoms with Gasteiger partial charge in [-0.3, -0.25) is 4.79 Å². The summed E-state index contributed by atoms with van der Waals surface area (Å²) in [6.45, 7) is 1.35. The molecule has 4 nitrogen and oxygen atoms in total. The number of hydrogen-bond acceptors (Lipinski definition) is 2. The van der Waals surface area contributed by atoms with Crippen molar-refractivity contribution in [2.45, 2.75) is 13.0 Å². The number of nitrogens with zero attached hydrogens (tertiary/aromatic N) is 2. The van der Waals surface area contributed by atoms with Gasteiger partial charge >= 0.3 is 0 Å². The molecule has 4 aromatic rings. The number of carbonyl (C=O) groups is 1. The van der Waals surface area contributed by atoms with Crippen LogP contribution in [0.5, 0.6) is 0 Å². The first kappa shape index (κ1) is 15.4. The van der Waals surface area contributed by atoms with Crippen molar-refractivity contribution in [2.24, 2.45) is 0 Å². The molecule has 0 aliphatic rings. The van der Waals surface area contributed by atoms with E-state index in [4.69, 9.17) is 4.98 Å². The first-order valence-electron chi connectivity index (χ1n) is 8.44. The summed E-state index contributed by atoms with van der Waals surface area (Å²) in [6, 6.07) is 23.1. The summed E-state index contributed by atoms with van der Waals surface area (Å²) < 4.78 is 2.24. The molecular formula is C21H19N3O. The van der Waals surface area contributed by atoms with Crippen LogP contribution in [0.15, 0.2) is 66.7 Å². The third-order valence-electron chi connectivity index (χ3n) is 4.46. The summed E-state index contributed by atoms with van der Waals surface area (Å²) in [6.07, 6.45) is 1.44. The van der Waals surface area contributed by atoms with Crippen LogP contribution in [0.1, 0.15) is 11.4 Å². The fourth-order valence-corrected chi connectivity index (χ4v) is 3.26. The van der Waals surface area contributed by atoms with Gasteiger partial charge in [-0.25, -0.2) is 4.98 Å². The number of carbonyl (C=O) groups excluding carboxylic acids is 1. The lowest BCUT2D eigenvalue weighted by Gasteiger charge is -2.10. The Morgan fingerprint density at radius 1 is 0.960 bits per heavy atom. The molecule has 0 atom stereocenters. The standard InChI is InChI=1S/C21H19N3O/c25-15-22-12-11-21-23-19-7-3-4-8-20(19)24(21)14-16-9-10-17-5-1-2-6-18(17)13-16/h1-10,13,15H,11-12,14H2,(H,22,25). The van der Waals surface area contributed by atoms with Crippen molar-refractivity contribution in [3.05, 3.63) is 78.1 Å². The number of aromatic nitrogens is 2. The highest BCUT2D eigenvalue weighted by Gasteiger charge is 2.11. The lowest BCUT2D eigenvalue weighted by molar-refractivity contribution is -0.109. The number of nitrogens with one attached hydrogen (secondary N) is 1. The zero-order valence-electron chi connectivity index (χ0n) is 13.9. The van der Waals surface area contributed by atoms with Crippen LogP contribution in [0.2, 0.25) is 0 Å². The van der Waals surface area contributed by atoms with E-state index >= 15 is 0 Å². The number of para-hydroxylation sites is 2. The number of hydrogen-bond donors (Lipinski definition) is 1. The number of imidazole rings is 1. The Labute approximate surface area is 146 Å². The van der Waals surface area contributed by atoms with Gasteiger partial charge in [0.1, 0.15) is 5.82 Å². The van der Waals surface area contributed by atoms with Gasteiger partial charge in [0, 0.05) is 19.5 Å². The van der Waals surface area contributed by atoms with Crippen LogP contribution in [0.4, 0.5) is 0 Å². The van der Waals surface area contributed by atoms with E-state index in [1.165, 1.54) is 16.3 Å². The lowest BCUT2D eigenvalue weighted by atomic mass is 10.1. The number of rotatable bonds is 6. The average molecular weight is 329 g/mol. The molecule has 0 aliphatic carbocycles. The van der Waals surface area contributed by atoms with Crippen LogP contribution >= 0.6 is 0 Å². The number of amides is 1. The van der Waals surface area contributed by atoms with Crippen LogP contribution in [0.25, 0.3) is 21.8 Å². The second kappa shape index (κ2) is 6.77. The van der Waals surface area contributed by atoms with Gasteiger partial charge in [-0.2, -0.15) is 0 Å². The van der Waals surface area contributed by atoms with Gasteiger partial charge in [0.2, 0.25) is 6.41 Å². The highest BCUT2D eigenvalue weighted by atomic mass is 16.1. The van der Waals surface area contributed by atoms with Crippen LogP contribution in [-0.4, -0.2) is 22.5 Å². The van der Waals surface area contributed by atoms with Crippen molar-refractivity contribution in [1.82, 2.24) is 14.9 Å². The van der Waals surface area contributed by atoms with Gasteiger partial charge in [0.25, 0.3) is 0 Å². The molecule has 0 fully saturated rings. The van der Waals surface area contributed by atoms with Crippen molar-refractivity contribution >= 4 is 28.2 Å². The Kier molecular flexibility index (Phi) is 4.17. The first-order valence-corrected chi connectivity index (χ1v) is 8.44.